The van der Waals surface area contributed by atoms with Gasteiger partial charge in [0.05, 0.1) is 8.42 Å². The summed E-state index contributed by atoms with van der Waals surface area (Å²) in [6.45, 7) is 0. The van der Waals surface area contributed by atoms with Crippen molar-refractivity contribution in [2.75, 3.05) is 0 Å². The highest BCUT2D eigenvalue weighted by Crippen LogP contribution is 2.39. The molecule has 0 atom stereocenters. The molecule has 0 fully saturated rings. The van der Waals surface area contributed by atoms with Crippen LogP contribution in [-0.4, -0.2) is 4.21 Å². The fourth-order valence-electron chi connectivity index (χ4n) is 2.29. The molecule has 0 unspecified atom stereocenters. The smallest absolute Gasteiger partial charge is 0.105 e. The number of hydrogen-bond acceptors (Lipinski definition) is 3. The number of rotatable bonds is 2. The van der Waals surface area contributed by atoms with Gasteiger partial charge in [0, 0.05) is 18.3 Å². The lowest BCUT2D eigenvalue weighted by atomic mass is 10.3. The highest BCUT2D eigenvalue weighted by molar-refractivity contribution is 9.11. The fraction of sp³-hybridized carbons (Fsp3) is 0. The summed E-state index contributed by atoms with van der Waals surface area (Å²) in [5.41, 5.74) is 0. The first-order valence-electron chi connectivity index (χ1n) is 6.41. The van der Waals surface area contributed by atoms with E-state index in [-0.39, 0.29) is 0 Å². The minimum Gasteiger partial charge on any atom is -0.247 e. The van der Waals surface area contributed by atoms with Crippen molar-refractivity contribution in [2.24, 2.45) is 0 Å². The van der Waals surface area contributed by atoms with Gasteiger partial charge in [0.1, 0.15) is 10.8 Å². The van der Waals surface area contributed by atoms with Gasteiger partial charge in [0.15, 0.2) is 0 Å². The Balaban J connectivity index is 1.84. The lowest BCUT2D eigenvalue weighted by Crippen LogP contribution is -1.83. The first-order chi connectivity index (χ1) is 10.6. The van der Waals surface area contributed by atoms with Gasteiger partial charge in [-0.2, -0.15) is 0 Å². The molecule has 22 heavy (non-hydrogen) atoms. The van der Waals surface area contributed by atoms with Gasteiger partial charge in [-0.3, -0.25) is 0 Å². The molecule has 0 saturated carbocycles. The van der Waals surface area contributed by atoms with Crippen LogP contribution in [0.1, 0.15) is 0 Å². The number of hydrogen-bond donors (Lipinski definition) is 0. The number of halogens is 2. The molecule has 0 spiro atoms. The molecule has 0 radical (unpaired) electrons. The fourth-order valence-corrected chi connectivity index (χ4v) is 7.60. The largest absolute Gasteiger partial charge is 0.247 e. The van der Waals surface area contributed by atoms with Crippen molar-refractivity contribution in [1.82, 2.24) is 0 Å². The van der Waals surface area contributed by atoms with Gasteiger partial charge in [-0.05, 0) is 66.9 Å². The summed E-state index contributed by atoms with van der Waals surface area (Å²) in [6, 6.07) is 16.2. The van der Waals surface area contributed by atoms with Gasteiger partial charge in [0.2, 0.25) is 0 Å². The quantitative estimate of drug-likeness (QED) is 0.314. The van der Waals surface area contributed by atoms with Crippen LogP contribution in [0, 0.1) is 0 Å². The van der Waals surface area contributed by atoms with Crippen LogP contribution in [0.25, 0.3) is 20.2 Å². The van der Waals surface area contributed by atoms with Crippen molar-refractivity contribution in [2.45, 2.75) is 8.42 Å². The zero-order valence-corrected chi connectivity index (χ0v) is 16.6. The van der Waals surface area contributed by atoms with Crippen LogP contribution in [0.3, 0.4) is 0 Å². The first-order valence-corrected chi connectivity index (χ1v) is 10.8. The van der Waals surface area contributed by atoms with E-state index < -0.39 is 10.8 Å². The minimum atomic E-state index is -1.13. The molecule has 0 amide bonds. The Bertz CT molecular complexity index is 950. The van der Waals surface area contributed by atoms with Crippen LogP contribution < -0.4 is 0 Å². The maximum Gasteiger partial charge on any atom is 0.105 e. The molecule has 2 aromatic heterocycles. The van der Waals surface area contributed by atoms with Crippen molar-refractivity contribution < 1.29 is 4.21 Å². The molecule has 0 aliphatic heterocycles. The Morgan fingerprint density at radius 3 is 1.64 bits per heavy atom. The summed E-state index contributed by atoms with van der Waals surface area (Å²) in [6.07, 6.45) is 0. The zero-order chi connectivity index (χ0) is 15.3. The van der Waals surface area contributed by atoms with E-state index in [0.717, 1.165) is 37.5 Å². The average molecular weight is 472 g/mol. The molecular formula is C16H8Br2OS3. The van der Waals surface area contributed by atoms with E-state index in [2.05, 4.69) is 44.0 Å². The summed E-state index contributed by atoms with van der Waals surface area (Å²) in [4.78, 5) is 0. The number of fused-ring (bicyclic) bond motifs is 2. The van der Waals surface area contributed by atoms with Crippen molar-refractivity contribution in [3.63, 3.8) is 0 Å². The SMILES string of the molecule is O=S(c1cc2cccc(Br)c2s1)c1cc2cccc(Br)c2s1. The van der Waals surface area contributed by atoms with Crippen molar-refractivity contribution >= 4 is 85.5 Å². The predicted molar refractivity (Wildman–Crippen MR) is 104 cm³/mol. The molecule has 4 rings (SSSR count). The lowest BCUT2D eigenvalue weighted by Gasteiger charge is -1.93. The van der Waals surface area contributed by atoms with Gasteiger partial charge < -0.3 is 0 Å². The Morgan fingerprint density at radius 1 is 0.773 bits per heavy atom. The molecule has 0 bridgehead atoms. The zero-order valence-electron chi connectivity index (χ0n) is 11.0. The number of thiophene rings is 2. The van der Waals surface area contributed by atoms with Crippen LogP contribution in [0.2, 0.25) is 0 Å². The van der Waals surface area contributed by atoms with Gasteiger partial charge >= 0.3 is 0 Å². The van der Waals surface area contributed by atoms with E-state index in [0.29, 0.717) is 0 Å². The molecule has 110 valence electrons. The monoisotopic (exact) mass is 470 g/mol. The Kier molecular flexibility index (Phi) is 3.98. The summed E-state index contributed by atoms with van der Waals surface area (Å²) >= 11 is 10.3. The van der Waals surface area contributed by atoms with Crippen LogP contribution >= 0.6 is 54.5 Å². The Morgan fingerprint density at radius 2 is 1.23 bits per heavy atom. The van der Waals surface area contributed by atoms with Crippen LogP contribution in [0.4, 0.5) is 0 Å². The second-order valence-electron chi connectivity index (χ2n) is 4.72. The molecule has 0 saturated heterocycles. The topological polar surface area (TPSA) is 17.1 Å². The second-order valence-corrected chi connectivity index (χ2v) is 10.5. The first kappa shape index (κ1) is 15.0. The van der Waals surface area contributed by atoms with Gasteiger partial charge in [-0.15, -0.1) is 22.7 Å². The van der Waals surface area contributed by atoms with Crippen molar-refractivity contribution in [3.05, 3.63) is 57.5 Å². The molecule has 0 aliphatic rings. The third-order valence-corrected chi connectivity index (χ3v) is 9.49. The van der Waals surface area contributed by atoms with E-state index in [1.807, 2.05) is 36.4 Å². The van der Waals surface area contributed by atoms with Crippen LogP contribution in [0.15, 0.2) is 65.9 Å². The van der Waals surface area contributed by atoms with E-state index >= 15 is 0 Å². The van der Waals surface area contributed by atoms with E-state index in [4.69, 9.17) is 0 Å². The normalized spacial score (nSPS) is 11.8. The van der Waals surface area contributed by atoms with Gasteiger partial charge in [0.25, 0.3) is 0 Å². The summed E-state index contributed by atoms with van der Waals surface area (Å²) in [5.74, 6) is 0. The summed E-state index contributed by atoms with van der Waals surface area (Å²) in [7, 11) is -1.13. The molecule has 4 aromatic rings. The van der Waals surface area contributed by atoms with Crippen molar-refractivity contribution in [3.8, 4) is 0 Å². The summed E-state index contributed by atoms with van der Waals surface area (Å²) in [5, 5.41) is 2.26. The van der Waals surface area contributed by atoms with Crippen molar-refractivity contribution in [1.29, 1.82) is 0 Å². The minimum absolute atomic E-state index is 0.893. The predicted octanol–water partition coefficient (Wildman–Crippen LogP) is 6.81. The Labute approximate surface area is 154 Å². The number of benzene rings is 2. The van der Waals surface area contributed by atoms with E-state index in [1.165, 1.54) is 0 Å². The Hall–Kier alpha value is -0.530. The average Bonchev–Trinajstić information content (AvgIpc) is 3.11. The highest BCUT2D eigenvalue weighted by Gasteiger charge is 2.16. The molecular weight excluding hydrogens is 464 g/mol. The van der Waals surface area contributed by atoms with Gasteiger partial charge in [-0.25, -0.2) is 4.21 Å². The van der Waals surface area contributed by atoms with E-state index in [9.17, 15) is 4.21 Å². The molecule has 2 heterocycles. The lowest BCUT2D eigenvalue weighted by molar-refractivity contribution is 0.686. The molecule has 0 N–H and O–H groups in total. The molecule has 1 nitrogen and oxygen atoms in total. The third-order valence-electron chi connectivity index (χ3n) is 3.31. The van der Waals surface area contributed by atoms with Crippen LogP contribution in [0.5, 0.6) is 0 Å². The standard InChI is InChI=1S/C16H8Br2OS3/c17-11-5-1-3-9-7-13(20-15(9)11)22(19)14-8-10-4-2-6-12(18)16(10)21-14/h1-8H. The third kappa shape index (κ3) is 2.51. The van der Waals surface area contributed by atoms with E-state index in [1.54, 1.807) is 22.7 Å². The highest BCUT2D eigenvalue weighted by atomic mass is 79.9. The maximum atomic E-state index is 12.9. The molecule has 0 aliphatic carbocycles. The van der Waals surface area contributed by atoms with Gasteiger partial charge in [-0.1, -0.05) is 24.3 Å². The maximum absolute atomic E-state index is 12.9. The second kappa shape index (κ2) is 5.83. The summed E-state index contributed by atoms with van der Waals surface area (Å²) < 4.78 is 19.1. The van der Waals surface area contributed by atoms with Crippen LogP contribution in [-0.2, 0) is 10.8 Å². The molecule has 2 aromatic carbocycles. The molecule has 6 heteroatoms.